The molecule has 0 spiro atoms. The Hall–Kier alpha value is -2.43. The largest absolute Gasteiger partial charge is 0.494 e. The van der Waals surface area contributed by atoms with E-state index in [1.807, 2.05) is 31.2 Å². The van der Waals surface area contributed by atoms with Gasteiger partial charge in [-0.1, -0.05) is 17.7 Å². The predicted octanol–water partition coefficient (Wildman–Crippen LogP) is 3.11. The number of ether oxygens (including phenoxy) is 1. The molecule has 0 aliphatic carbocycles. The van der Waals surface area contributed by atoms with Gasteiger partial charge in [-0.3, -0.25) is 0 Å². The van der Waals surface area contributed by atoms with E-state index in [1.54, 1.807) is 6.26 Å². The fourth-order valence-corrected chi connectivity index (χ4v) is 2.00. The number of guanidine groups is 1. The smallest absolute Gasteiger partial charge is 0.191 e. The number of furan rings is 1. The molecular formula is C18H25N3O2. The Kier molecular flexibility index (Phi) is 7.04. The minimum atomic E-state index is 0.530. The molecule has 2 aromatic rings. The Morgan fingerprint density at radius 3 is 2.70 bits per heavy atom. The van der Waals surface area contributed by atoms with Gasteiger partial charge in [0.25, 0.3) is 0 Å². The highest BCUT2D eigenvalue weighted by molar-refractivity contribution is 5.79. The molecule has 1 aromatic heterocycles. The second-order valence-electron chi connectivity index (χ2n) is 5.22. The number of hydrogen-bond donors (Lipinski definition) is 2. The zero-order valence-corrected chi connectivity index (χ0v) is 13.8. The molecule has 2 rings (SSSR count). The minimum Gasteiger partial charge on any atom is -0.494 e. The van der Waals surface area contributed by atoms with Crippen molar-refractivity contribution in [1.29, 1.82) is 0 Å². The summed E-state index contributed by atoms with van der Waals surface area (Å²) in [6, 6.07) is 11.9. The number of aryl methyl sites for hydroxylation is 1. The van der Waals surface area contributed by atoms with Gasteiger partial charge in [0, 0.05) is 13.1 Å². The summed E-state index contributed by atoms with van der Waals surface area (Å²) in [5.74, 6) is 2.55. The zero-order valence-electron chi connectivity index (χ0n) is 13.8. The molecule has 0 fully saturated rings. The normalized spacial score (nSPS) is 11.3. The van der Waals surface area contributed by atoms with Crippen molar-refractivity contribution in [2.75, 3.05) is 19.7 Å². The van der Waals surface area contributed by atoms with Crippen molar-refractivity contribution >= 4 is 5.96 Å². The summed E-state index contributed by atoms with van der Waals surface area (Å²) in [5, 5.41) is 6.51. The summed E-state index contributed by atoms with van der Waals surface area (Å²) in [7, 11) is 0. The van der Waals surface area contributed by atoms with Crippen LogP contribution in [0.5, 0.6) is 5.75 Å². The molecule has 2 N–H and O–H groups in total. The molecule has 0 aliphatic heterocycles. The van der Waals surface area contributed by atoms with E-state index < -0.39 is 0 Å². The van der Waals surface area contributed by atoms with Gasteiger partial charge in [-0.05, 0) is 44.5 Å². The molecule has 124 valence electrons. The molecule has 1 aromatic carbocycles. The van der Waals surface area contributed by atoms with E-state index in [-0.39, 0.29) is 0 Å². The molecule has 0 atom stereocenters. The van der Waals surface area contributed by atoms with Crippen LogP contribution in [0, 0.1) is 6.92 Å². The summed E-state index contributed by atoms with van der Waals surface area (Å²) in [4.78, 5) is 4.48. The number of nitrogens with one attached hydrogen (secondary N) is 2. The van der Waals surface area contributed by atoms with E-state index >= 15 is 0 Å². The third-order valence-corrected chi connectivity index (χ3v) is 3.22. The highest BCUT2D eigenvalue weighted by Gasteiger charge is 1.99. The van der Waals surface area contributed by atoms with E-state index in [0.717, 1.165) is 37.0 Å². The third-order valence-electron chi connectivity index (χ3n) is 3.22. The van der Waals surface area contributed by atoms with Crippen molar-refractivity contribution in [3.8, 4) is 5.75 Å². The molecule has 0 unspecified atom stereocenters. The Balaban J connectivity index is 1.67. The fourth-order valence-electron chi connectivity index (χ4n) is 2.00. The quantitative estimate of drug-likeness (QED) is 0.446. The maximum absolute atomic E-state index is 5.71. The third kappa shape index (κ3) is 6.46. The Labute approximate surface area is 137 Å². The molecule has 0 saturated carbocycles. The van der Waals surface area contributed by atoms with Crippen molar-refractivity contribution in [3.05, 3.63) is 54.0 Å². The zero-order chi connectivity index (χ0) is 16.3. The summed E-state index contributed by atoms with van der Waals surface area (Å²) < 4.78 is 11.0. The minimum absolute atomic E-state index is 0.530. The first-order chi connectivity index (χ1) is 11.3. The molecule has 5 heteroatoms. The first-order valence-corrected chi connectivity index (χ1v) is 8.02. The molecule has 0 saturated heterocycles. The number of benzene rings is 1. The lowest BCUT2D eigenvalue weighted by atomic mass is 10.2. The van der Waals surface area contributed by atoms with E-state index in [1.165, 1.54) is 5.56 Å². The molecular weight excluding hydrogens is 290 g/mol. The standard InChI is InChI=1S/C18H25N3O2/c1-3-19-18(21-14-17-6-4-12-23-17)20-11-5-13-22-16-9-7-15(2)8-10-16/h4,6-10,12H,3,5,11,13-14H2,1-2H3,(H2,19,20,21). The molecule has 0 amide bonds. The van der Waals surface area contributed by atoms with Crippen LogP contribution in [0.4, 0.5) is 0 Å². The average Bonchev–Trinajstić information content (AvgIpc) is 3.07. The van der Waals surface area contributed by atoms with Crippen LogP contribution in [-0.2, 0) is 6.54 Å². The van der Waals surface area contributed by atoms with E-state index in [2.05, 4.69) is 34.7 Å². The molecule has 0 radical (unpaired) electrons. The second kappa shape index (κ2) is 9.56. The van der Waals surface area contributed by atoms with Gasteiger partial charge < -0.3 is 19.8 Å². The van der Waals surface area contributed by atoms with Crippen LogP contribution in [0.25, 0.3) is 0 Å². The van der Waals surface area contributed by atoms with E-state index in [0.29, 0.717) is 13.2 Å². The van der Waals surface area contributed by atoms with Crippen LogP contribution in [0.3, 0.4) is 0 Å². The first kappa shape index (κ1) is 16.9. The van der Waals surface area contributed by atoms with Gasteiger partial charge in [0.1, 0.15) is 18.1 Å². The predicted molar refractivity (Wildman–Crippen MR) is 92.8 cm³/mol. The van der Waals surface area contributed by atoms with Crippen molar-refractivity contribution in [2.24, 2.45) is 4.99 Å². The van der Waals surface area contributed by atoms with Crippen LogP contribution >= 0.6 is 0 Å². The summed E-state index contributed by atoms with van der Waals surface area (Å²) in [6.07, 6.45) is 2.56. The van der Waals surface area contributed by atoms with Crippen molar-refractivity contribution in [2.45, 2.75) is 26.8 Å². The molecule has 0 bridgehead atoms. The number of hydrogen-bond acceptors (Lipinski definition) is 3. The first-order valence-electron chi connectivity index (χ1n) is 8.02. The Morgan fingerprint density at radius 1 is 1.17 bits per heavy atom. The van der Waals surface area contributed by atoms with Gasteiger partial charge in [-0.15, -0.1) is 0 Å². The Bertz CT molecular complexity index is 577. The topological polar surface area (TPSA) is 58.8 Å². The SMILES string of the molecule is CCNC(=NCc1ccco1)NCCCOc1ccc(C)cc1. The van der Waals surface area contributed by atoms with E-state index in [9.17, 15) is 0 Å². The lowest BCUT2D eigenvalue weighted by Gasteiger charge is -2.11. The maximum Gasteiger partial charge on any atom is 0.191 e. The fraction of sp³-hybridized carbons (Fsp3) is 0.389. The van der Waals surface area contributed by atoms with Gasteiger partial charge in [-0.2, -0.15) is 0 Å². The molecule has 1 heterocycles. The van der Waals surface area contributed by atoms with Crippen LogP contribution in [0.2, 0.25) is 0 Å². The second-order valence-corrected chi connectivity index (χ2v) is 5.22. The van der Waals surface area contributed by atoms with Gasteiger partial charge in [0.05, 0.1) is 12.9 Å². The maximum atomic E-state index is 5.71. The van der Waals surface area contributed by atoms with Gasteiger partial charge in [0.2, 0.25) is 0 Å². The van der Waals surface area contributed by atoms with Gasteiger partial charge in [0.15, 0.2) is 5.96 Å². The number of nitrogens with zero attached hydrogens (tertiary/aromatic N) is 1. The van der Waals surface area contributed by atoms with Crippen molar-refractivity contribution < 1.29 is 9.15 Å². The number of rotatable bonds is 8. The summed E-state index contributed by atoms with van der Waals surface area (Å²) in [6.45, 7) is 6.94. The van der Waals surface area contributed by atoms with Crippen LogP contribution in [0.1, 0.15) is 24.7 Å². The monoisotopic (exact) mass is 315 g/mol. The van der Waals surface area contributed by atoms with Gasteiger partial charge in [-0.25, -0.2) is 4.99 Å². The lowest BCUT2D eigenvalue weighted by Crippen LogP contribution is -2.38. The Morgan fingerprint density at radius 2 is 2.00 bits per heavy atom. The van der Waals surface area contributed by atoms with Crippen molar-refractivity contribution in [3.63, 3.8) is 0 Å². The highest BCUT2D eigenvalue weighted by atomic mass is 16.5. The van der Waals surface area contributed by atoms with Crippen molar-refractivity contribution in [1.82, 2.24) is 10.6 Å². The number of aliphatic imine (C=N–C) groups is 1. The lowest BCUT2D eigenvalue weighted by molar-refractivity contribution is 0.311. The molecule has 0 aliphatic rings. The van der Waals surface area contributed by atoms with Crippen LogP contribution < -0.4 is 15.4 Å². The van der Waals surface area contributed by atoms with Crippen LogP contribution in [-0.4, -0.2) is 25.7 Å². The van der Waals surface area contributed by atoms with E-state index in [4.69, 9.17) is 9.15 Å². The molecule has 5 nitrogen and oxygen atoms in total. The summed E-state index contributed by atoms with van der Waals surface area (Å²) >= 11 is 0. The average molecular weight is 315 g/mol. The van der Waals surface area contributed by atoms with Gasteiger partial charge >= 0.3 is 0 Å². The van der Waals surface area contributed by atoms with Crippen LogP contribution in [0.15, 0.2) is 52.1 Å². The summed E-state index contributed by atoms with van der Waals surface area (Å²) in [5.41, 5.74) is 1.24. The molecule has 23 heavy (non-hydrogen) atoms. The highest BCUT2D eigenvalue weighted by Crippen LogP contribution is 2.11.